The first kappa shape index (κ1) is 16.5. The molecular weight excluding hydrogens is 311 g/mol. The maximum atomic E-state index is 12.3. The third-order valence-electron chi connectivity index (χ3n) is 3.05. The second kappa shape index (κ2) is 6.48. The number of benzene rings is 2. The first-order valence-corrected chi connectivity index (χ1v) is 6.40. The van der Waals surface area contributed by atoms with Crippen LogP contribution in [0.3, 0.4) is 0 Å². The third kappa shape index (κ3) is 3.86. The van der Waals surface area contributed by atoms with Gasteiger partial charge in [-0.2, -0.15) is 5.26 Å². The molecule has 0 fully saturated rings. The molecule has 0 unspecified atom stereocenters. The zero-order chi connectivity index (χ0) is 17.0. The van der Waals surface area contributed by atoms with Crippen LogP contribution >= 0.6 is 0 Å². The fourth-order valence-corrected chi connectivity index (χ4v) is 2.04. The van der Waals surface area contributed by atoms with E-state index in [1.807, 2.05) is 0 Å². The summed E-state index contributed by atoms with van der Waals surface area (Å²) in [5.74, 6) is 0.497. The number of hydrogen-bond donors (Lipinski definition) is 0. The van der Waals surface area contributed by atoms with E-state index in [1.165, 1.54) is 26.4 Å². The monoisotopic (exact) mass is 323 g/mol. The number of alkyl halides is 3. The van der Waals surface area contributed by atoms with E-state index in [2.05, 4.69) is 4.74 Å². The van der Waals surface area contributed by atoms with Gasteiger partial charge in [0, 0.05) is 11.6 Å². The molecule has 23 heavy (non-hydrogen) atoms. The molecule has 0 amide bonds. The van der Waals surface area contributed by atoms with Crippen LogP contribution in [0.4, 0.5) is 13.2 Å². The highest BCUT2D eigenvalue weighted by atomic mass is 19.4. The van der Waals surface area contributed by atoms with Crippen molar-refractivity contribution in [2.45, 2.75) is 6.36 Å². The Kier molecular flexibility index (Phi) is 4.65. The molecule has 0 bridgehead atoms. The minimum absolute atomic E-state index is 0.224. The Balaban J connectivity index is 2.48. The molecule has 0 aliphatic carbocycles. The summed E-state index contributed by atoms with van der Waals surface area (Å²) in [5.41, 5.74) is 0.914. The molecule has 2 aromatic rings. The molecule has 4 nitrogen and oxygen atoms in total. The lowest BCUT2D eigenvalue weighted by Crippen LogP contribution is -2.17. The number of ether oxygens (including phenoxy) is 3. The summed E-state index contributed by atoms with van der Waals surface area (Å²) in [5, 5.41) is 9.05. The Morgan fingerprint density at radius 2 is 1.70 bits per heavy atom. The van der Waals surface area contributed by atoms with Crippen LogP contribution in [-0.4, -0.2) is 20.6 Å². The molecule has 0 radical (unpaired) electrons. The van der Waals surface area contributed by atoms with Gasteiger partial charge in [-0.15, -0.1) is 13.2 Å². The van der Waals surface area contributed by atoms with Crippen molar-refractivity contribution in [1.29, 1.82) is 5.26 Å². The summed E-state index contributed by atoms with van der Waals surface area (Å²) in [6, 6.07) is 10.6. The molecule has 0 aromatic heterocycles. The average Bonchev–Trinajstić information content (AvgIpc) is 2.53. The summed E-state index contributed by atoms with van der Waals surface area (Å²) in [7, 11) is 2.97. The number of halogens is 3. The largest absolute Gasteiger partial charge is 0.573 e. The van der Waals surface area contributed by atoms with Gasteiger partial charge in [-0.1, -0.05) is 6.07 Å². The highest BCUT2D eigenvalue weighted by Gasteiger charge is 2.32. The van der Waals surface area contributed by atoms with Gasteiger partial charge >= 0.3 is 6.36 Å². The zero-order valence-electron chi connectivity index (χ0n) is 12.3. The predicted octanol–water partition coefficient (Wildman–Crippen LogP) is 4.14. The summed E-state index contributed by atoms with van der Waals surface area (Å²) >= 11 is 0. The van der Waals surface area contributed by atoms with Gasteiger partial charge in [0.1, 0.15) is 23.3 Å². The molecule has 0 aliphatic heterocycles. The lowest BCUT2D eigenvalue weighted by molar-refractivity contribution is -0.274. The van der Waals surface area contributed by atoms with Crippen molar-refractivity contribution in [2.75, 3.05) is 14.2 Å². The second-order valence-electron chi connectivity index (χ2n) is 4.44. The van der Waals surface area contributed by atoms with Crippen LogP contribution in [0, 0.1) is 11.3 Å². The van der Waals surface area contributed by atoms with Crippen molar-refractivity contribution in [3.05, 3.63) is 42.0 Å². The lowest BCUT2D eigenvalue weighted by atomic mass is 10.0. The Labute approximate surface area is 130 Å². The minimum Gasteiger partial charge on any atom is -0.497 e. The molecule has 2 rings (SSSR count). The molecule has 120 valence electrons. The Morgan fingerprint density at radius 3 is 2.26 bits per heavy atom. The molecule has 0 heterocycles. The van der Waals surface area contributed by atoms with E-state index < -0.39 is 12.1 Å². The van der Waals surface area contributed by atoms with Crippen LogP contribution in [0.5, 0.6) is 17.2 Å². The highest BCUT2D eigenvalue weighted by molar-refractivity contribution is 5.73. The van der Waals surface area contributed by atoms with Crippen LogP contribution in [0.2, 0.25) is 0 Å². The Bertz CT molecular complexity index is 751. The van der Waals surface area contributed by atoms with Crippen LogP contribution in [0.15, 0.2) is 36.4 Å². The molecule has 0 aliphatic rings. The number of nitrogens with zero attached hydrogens (tertiary/aromatic N) is 1. The maximum Gasteiger partial charge on any atom is 0.573 e. The van der Waals surface area contributed by atoms with E-state index in [0.717, 1.165) is 6.07 Å². The predicted molar refractivity (Wildman–Crippen MR) is 76.4 cm³/mol. The highest BCUT2D eigenvalue weighted by Crippen LogP contribution is 2.36. The maximum absolute atomic E-state index is 12.3. The van der Waals surface area contributed by atoms with Crippen molar-refractivity contribution < 1.29 is 27.4 Å². The molecule has 0 spiro atoms. The molecule has 0 N–H and O–H groups in total. The van der Waals surface area contributed by atoms with Crippen molar-refractivity contribution in [3.63, 3.8) is 0 Å². The minimum atomic E-state index is -4.86. The molecule has 2 aromatic carbocycles. The van der Waals surface area contributed by atoms with Crippen molar-refractivity contribution in [2.24, 2.45) is 0 Å². The van der Waals surface area contributed by atoms with Gasteiger partial charge in [-0.05, 0) is 29.8 Å². The third-order valence-corrected chi connectivity index (χ3v) is 3.05. The lowest BCUT2D eigenvalue weighted by Gasteiger charge is -2.13. The van der Waals surface area contributed by atoms with E-state index in [4.69, 9.17) is 14.7 Å². The smallest absolute Gasteiger partial charge is 0.497 e. The summed E-state index contributed by atoms with van der Waals surface area (Å²) in [6.07, 6.45) is -4.86. The zero-order valence-corrected chi connectivity index (χ0v) is 12.3. The fraction of sp³-hybridized carbons (Fsp3) is 0.188. The molecule has 0 atom stereocenters. The van der Waals surface area contributed by atoms with Crippen molar-refractivity contribution in [1.82, 2.24) is 0 Å². The first-order chi connectivity index (χ1) is 10.9. The van der Waals surface area contributed by atoms with Crippen LogP contribution < -0.4 is 14.2 Å². The summed E-state index contributed by atoms with van der Waals surface area (Å²) in [4.78, 5) is 0. The van der Waals surface area contributed by atoms with Gasteiger partial charge in [0.15, 0.2) is 0 Å². The number of hydrogen-bond acceptors (Lipinski definition) is 4. The Morgan fingerprint density at radius 1 is 0.957 bits per heavy atom. The number of rotatable bonds is 4. The van der Waals surface area contributed by atoms with E-state index in [0.29, 0.717) is 22.6 Å². The van der Waals surface area contributed by atoms with Gasteiger partial charge in [-0.25, -0.2) is 0 Å². The normalized spacial score (nSPS) is 10.8. The molecular formula is C16H12F3NO3. The number of methoxy groups -OCH3 is 2. The van der Waals surface area contributed by atoms with E-state index in [1.54, 1.807) is 24.3 Å². The van der Waals surface area contributed by atoms with Crippen LogP contribution in [0.1, 0.15) is 5.56 Å². The summed E-state index contributed by atoms with van der Waals surface area (Å²) in [6.45, 7) is 0. The molecule has 0 saturated heterocycles. The summed E-state index contributed by atoms with van der Waals surface area (Å²) < 4.78 is 51.1. The standard InChI is InChI=1S/C16H12F3NO3/c1-21-12-4-5-13(15(8-12)22-2)10-3-6-14(11(7-10)9-20)23-16(17,18)19/h3-8H,1-2H3. The van der Waals surface area contributed by atoms with Crippen molar-refractivity contribution >= 4 is 0 Å². The van der Waals surface area contributed by atoms with Crippen LogP contribution in [-0.2, 0) is 0 Å². The van der Waals surface area contributed by atoms with E-state index in [9.17, 15) is 13.2 Å². The number of nitriles is 1. The first-order valence-electron chi connectivity index (χ1n) is 6.40. The van der Waals surface area contributed by atoms with Gasteiger partial charge < -0.3 is 14.2 Å². The van der Waals surface area contributed by atoms with E-state index in [-0.39, 0.29) is 5.56 Å². The van der Waals surface area contributed by atoms with Crippen molar-refractivity contribution in [3.8, 4) is 34.4 Å². The topological polar surface area (TPSA) is 51.5 Å². The van der Waals surface area contributed by atoms with Crippen LogP contribution in [0.25, 0.3) is 11.1 Å². The van der Waals surface area contributed by atoms with Gasteiger partial charge in [0.05, 0.1) is 19.8 Å². The van der Waals surface area contributed by atoms with Gasteiger partial charge in [0.2, 0.25) is 0 Å². The fourth-order valence-electron chi connectivity index (χ4n) is 2.04. The molecule has 7 heteroatoms. The second-order valence-corrected chi connectivity index (χ2v) is 4.44. The SMILES string of the molecule is COc1ccc(-c2ccc(OC(F)(F)F)c(C#N)c2)c(OC)c1. The van der Waals surface area contributed by atoms with Gasteiger partial charge in [-0.3, -0.25) is 0 Å². The Hall–Kier alpha value is -2.88. The average molecular weight is 323 g/mol. The van der Waals surface area contributed by atoms with E-state index >= 15 is 0 Å². The quantitative estimate of drug-likeness (QED) is 0.848. The molecule has 0 saturated carbocycles. The van der Waals surface area contributed by atoms with Gasteiger partial charge in [0.25, 0.3) is 0 Å².